The second-order valence-electron chi connectivity index (χ2n) is 17.9. The van der Waals surface area contributed by atoms with Crippen LogP contribution < -0.4 is 16.4 Å². The molecule has 6 N–H and O–H groups in total. The summed E-state index contributed by atoms with van der Waals surface area (Å²) in [5.74, 6) is 2.09. The van der Waals surface area contributed by atoms with Crippen molar-refractivity contribution in [2.75, 3.05) is 32.4 Å². The Labute approximate surface area is 317 Å². The summed E-state index contributed by atoms with van der Waals surface area (Å²) in [5, 5.41) is 4.54. The Balaban J connectivity index is 1.21. The molecule has 0 aromatic carbocycles. The van der Waals surface area contributed by atoms with Crippen LogP contribution in [0.3, 0.4) is 0 Å². The number of amides is 1. The highest BCUT2D eigenvalue weighted by molar-refractivity contribution is 8.77. The van der Waals surface area contributed by atoms with E-state index in [1.54, 1.807) is 0 Å². The van der Waals surface area contributed by atoms with Gasteiger partial charge >= 0.3 is 11.9 Å². The summed E-state index contributed by atoms with van der Waals surface area (Å²) in [4.78, 5) is 43.1. The van der Waals surface area contributed by atoms with Crippen molar-refractivity contribution >= 4 is 39.4 Å². The number of nitrogens with zero attached hydrogens (tertiary/aromatic N) is 1. The lowest BCUT2D eigenvalue weighted by atomic mass is 9.56. The lowest BCUT2D eigenvalue weighted by Gasteiger charge is -2.58. The van der Waals surface area contributed by atoms with Gasteiger partial charge in [0.1, 0.15) is 23.5 Å². The maximum absolute atomic E-state index is 14.6. The molecule has 5 heterocycles. The van der Waals surface area contributed by atoms with Gasteiger partial charge in [0.25, 0.3) is 0 Å². The van der Waals surface area contributed by atoms with E-state index in [0.717, 1.165) is 63.9 Å². The SMILES string of the molecule is CC=C(C)C(=O)O[C@@]1(C)CC=C2CSSC3(CCCC3)[C@@H]3[C@H](C[NH2+]C)CN3C(=O)CC3C[NH2+]C(N)CC3[C@H]2[C@@]12CC1CC3CCC(=O)OC3CC1O2. The van der Waals surface area contributed by atoms with Crippen molar-refractivity contribution in [2.24, 2.45) is 41.2 Å². The number of nitrogens with two attached hydrogens (primary N) is 3. The largest absolute Gasteiger partial charge is 0.462 e. The zero-order chi connectivity index (χ0) is 36.4. The van der Waals surface area contributed by atoms with Gasteiger partial charge in [-0.15, -0.1) is 0 Å². The molecular weight excluding hydrogens is 697 g/mol. The number of piperidine rings is 1. The van der Waals surface area contributed by atoms with Crippen LogP contribution in [0.25, 0.3) is 0 Å². The molecule has 3 aliphatic carbocycles. The Morgan fingerprint density at radius 1 is 1.17 bits per heavy atom. The summed E-state index contributed by atoms with van der Waals surface area (Å²) >= 11 is 0. The zero-order valence-corrected chi connectivity index (χ0v) is 33.3. The smallest absolute Gasteiger partial charge is 0.334 e. The molecule has 12 atom stereocenters. The van der Waals surface area contributed by atoms with Crippen LogP contribution in [-0.2, 0) is 28.6 Å². The van der Waals surface area contributed by atoms with Crippen LogP contribution >= 0.6 is 21.6 Å². The number of hydrogen-bond acceptors (Lipinski definition) is 9. The van der Waals surface area contributed by atoms with Crippen LogP contribution in [0.1, 0.15) is 97.8 Å². The fourth-order valence-electron chi connectivity index (χ4n) is 12.2. The highest BCUT2D eigenvalue weighted by Gasteiger charge is 2.68. The monoisotopic (exact) mass is 758 g/mol. The Morgan fingerprint density at radius 2 is 1.98 bits per heavy atom. The average Bonchev–Trinajstić information content (AvgIpc) is 3.72. The number of allylic oxidation sites excluding steroid dienone is 1. The van der Waals surface area contributed by atoms with Gasteiger partial charge in [0.15, 0.2) is 0 Å². The average molecular weight is 759 g/mol. The van der Waals surface area contributed by atoms with E-state index >= 15 is 0 Å². The van der Waals surface area contributed by atoms with E-state index in [1.807, 2.05) is 30.7 Å². The van der Waals surface area contributed by atoms with Gasteiger partial charge < -0.3 is 29.7 Å². The van der Waals surface area contributed by atoms with Crippen LogP contribution in [0.2, 0.25) is 0 Å². The molecule has 0 bridgehead atoms. The van der Waals surface area contributed by atoms with Gasteiger partial charge in [-0.1, -0.05) is 52.2 Å². The molecule has 288 valence electrons. The number of esters is 2. The summed E-state index contributed by atoms with van der Waals surface area (Å²) in [5.41, 5.74) is 7.10. The van der Waals surface area contributed by atoms with E-state index in [0.29, 0.717) is 55.0 Å². The van der Waals surface area contributed by atoms with Crippen LogP contribution in [0.4, 0.5) is 0 Å². The number of ether oxygens (including phenoxy) is 3. The third-order valence-corrected chi connectivity index (χ3v) is 18.2. The summed E-state index contributed by atoms with van der Waals surface area (Å²) in [7, 11) is 6.21. The molecule has 0 aromatic rings. The Kier molecular flexibility index (Phi) is 10.4. The Bertz CT molecular complexity index is 1490. The van der Waals surface area contributed by atoms with Gasteiger partial charge in [-0.3, -0.25) is 15.3 Å². The van der Waals surface area contributed by atoms with E-state index in [-0.39, 0.29) is 58.7 Å². The fraction of sp³-hybridized carbons (Fsp3) is 0.825. The predicted octanol–water partition coefficient (Wildman–Crippen LogP) is 3.06. The highest BCUT2D eigenvalue weighted by atomic mass is 33.1. The first kappa shape index (κ1) is 37.4. The number of quaternary nitrogens is 2. The maximum Gasteiger partial charge on any atom is 0.334 e. The number of carbonyl (C=O) groups is 3. The van der Waals surface area contributed by atoms with Crippen LogP contribution in [0.5, 0.6) is 0 Å². The molecule has 0 aromatic heterocycles. The lowest BCUT2D eigenvalue weighted by Crippen LogP contribution is -2.96. The molecular formula is C40H62N4O6S2+2. The van der Waals surface area contributed by atoms with Crippen molar-refractivity contribution in [3.63, 3.8) is 0 Å². The predicted molar refractivity (Wildman–Crippen MR) is 202 cm³/mol. The molecule has 8 rings (SSSR count). The second-order valence-corrected chi connectivity index (χ2v) is 20.6. The summed E-state index contributed by atoms with van der Waals surface area (Å²) in [6.45, 7) is 8.54. The molecule has 2 spiro atoms. The van der Waals surface area contributed by atoms with Crippen molar-refractivity contribution in [2.45, 2.75) is 138 Å². The molecule has 1 amide bonds. The highest BCUT2D eigenvalue weighted by Crippen LogP contribution is 2.63. The summed E-state index contributed by atoms with van der Waals surface area (Å²) < 4.78 is 20.3. The van der Waals surface area contributed by atoms with Gasteiger partial charge in [-0.05, 0) is 70.6 Å². The van der Waals surface area contributed by atoms with Crippen LogP contribution in [0, 0.1) is 35.5 Å². The molecule has 7 unspecified atom stereocenters. The minimum Gasteiger partial charge on any atom is -0.462 e. The van der Waals surface area contributed by atoms with E-state index in [1.165, 1.54) is 18.4 Å². The van der Waals surface area contributed by atoms with E-state index < -0.39 is 11.2 Å². The molecule has 12 heteroatoms. The maximum atomic E-state index is 14.6. The molecule has 7 fully saturated rings. The van der Waals surface area contributed by atoms with Gasteiger partial charge in [-0.2, -0.15) is 0 Å². The number of hydrogen-bond donors (Lipinski definition) is 3. The van der Waals surface area contributed by atoms with E-state index in [4.69, 9.17) is 19.9 Å². The molecule has 10 nitrogen and oxygen atoms in total. The van der Waals surface area contributed by atoms with Gasteiger partial charge in [0.2, 0.25) is 5.91 Å². The van der Waals surface area contributed by atoms with Crippen molar-refractivity contribution < 1.29 is 39.2 Å². The quantitative estimate of drug-likeness (QED) is 0.171. The first-order chi connectivity index (χ1) is 25.0. The van der Waals surface area contributed by atoms with Gasteiger partial charge in [0, 0.05) is 72.5 Å². The molecule has 52 heavy (non-hydrogen) atoms. The van der Waals surface area contributed by atoms with Gasteiger partial charge in [-0.25, -0.2) is 4.79 Å². The van der Waals surface area contributed by atoms with Crippen molar-refractivity contribution in [3.05, 3.63) is 23.3 Å². The summed E-state index contributed by atoms with van der Waals surface area (Å²) in [6, 6.07) is 0.294. The number of fused-ring (bicyclic) bond motifs is 8. The second kappa shape index (κ2) is 14.5. The van der Waals surface area contributed by atoms with E-state index in [2.05, 4.69) is 46.4 Å². The van der Waals surface area contributed by atoms with Crippen molar-refractivity contribution in [1.82, 2.24) is 4.90 Å². The van der Waals surface area contributed by atoms with Crippen molar-refractivity contribution in [1.29, 1.82) is 0 Å². The standard InChI is InChI=1S/C40H60N4O6S2/c1-5-23(2)37(47)50-38(3)13-10-25-22-51-52-39(11-6-7-12-39)36-28(19-42-4)21-44(36)33(45)15-27-20-43-32(41)16-29(27)35(25)40(38)18-26-14-24-8-9-34(46)48-30(24)17-31(26)49-40/h5,10,24,26-32,35-36,42-43H,6-9,11-22,41H2,1-4H3/p+2/t24?,26?,27?,28-,29?,30?,31?,32?,35+,36+,38+,40+/m1/s1. The molecule has 0 radical (unpaired) electrons. The number of carbonyl (C=O) groups excluding carboxylic acids is 3. The molecule has 5 saturated heterocycles. The Hall–Kier alpha value is -1.57. The minimum atomic E-state index is -0.921. The third-order valence-electron chi connectivity index (χ3n) is 14.9. The third kappa shape index (κ3) is 6.31. The molecule has 5 aliphatic heterocycles. The first-order valence-electron chi connectivity index (χ1n) is 20.4. The molecule has 2 saturated carbocycles. The van der Waals surface area contributed by atoms with Crippen molar-refractivity contribution in [3.8, 4) is 0 Å². The summed E-state index contributed by atoms with van der Waals surface area (Å²) in [6.07, 6.45) is 14.4. The zero-order valence-electron chi connectivity index (χ0n) is 31.7. The lowest BCUT2D eigenvalue weighted by molar-refractivity contribution is -0.706. The topological polar surface area (TPSA) is 141 Å². The van der Waals surface area contributed by atoms with E-state index in [9.17, 15) is 14.4 Å². The van der Waals surface area contributed by atoms with Gasteiger partial charge in [0.05, 0.1) is 32.3 Å². The fourth-order valence-corrected chi connectivity index (χ4v) is 15.9. The molecule has 8 aliphatic rings. The Morgan fingerprint density at radius 3 is 2.75 bits per heavy atom. The number of rotatable bonds is 4. The normalized spacial score (nSPS) is 44.5. The van der Waals surface area contributed by atoms with Crippen LogP contribution in [-0.4, -0.2) is 95.5 Å². The minimum absolute atomic E-state index is 0.0561. The first-order valence-corrected chi connectivity index (χ1v) is 22.7. The van der Waals surface area contributed by atoms with Crippen LogP contribution in [0.15, 0.2) is 23.3 Å².